The van der Waals surface area contributed by atoms with Crippen LogP contribution in [0, 0.1) is 11.8 Å². The molecule has 0 bridgehead atoms. The average molecular weight is 246 g/mol. The summed E-state index contributed by atoms with van der Waals surface area (Å²) >= 11 is 8.70. The number of alkyl halides is 1. The molecule has 0 fully saturated rings. The summed E-state index contributed by atoms with van der Waals surface area (Å²) in [6, 6.07) is 0. The summed E-state index contributed by atoms with van der Waals surface area (Å²) in [5.74, 6) is 5.76. The van der Waals surface area contributed by atoms with E-state index in [1.165, 1.54) is 6.20 Å². The molecule has 2 N–H and O–H groups in total. The van der Waals surface area contributed by atoms with E-state index < -0.39 is 0 Å². The maximum absolute atomic E-state index is 5.54. The highest BCUT2D eigenvalue weighted by atomic mass is 79.9. The maximum Gasteiger partial charge on any atom is 0.159 e. The number of anilines is 1. The van der Waals surface area contributed by atoms with Gasteiger partial charge < -0.3 is 5.73 Å². The third-order valence-electron chi connectivity index (χ3n) is 1.04. The number of rotatable bonds is 0. The van der Waals surface area contributed by atoms with E-state index in [0.29, 0.717) is 11.0 Å². The standard InChI is InChI=1S/C7H5BrClN3/c8-3-1-2-5-7(10)12-6(9)4-11-5/h4H,3H2,(H2,10,12). The molecule has 1 rings (SSSR count). The Morgan fingerprint density at radius 3 is 3.00 bits per heavy atom. The Morgan fingerprint density at radius 1 is 1.67 bits per heavy atom. The quantitative estimate of drug-likeness (QED) is 0.557. The molecule has 0 radical (unpaired) electrons. The fraction of sp³-hybridized carbons (Fsp3) is 0.143. The van der Waals surface area contributed by atoms with Gasteiger partial charge in [-0.1, -0.05) is 33.5 Å². The van der Waals surface area contributed by atoms with Gasteiger partial charge in [-0.15, -0.1) is 0 Å². The molecule has 62 valence electrons. The Labute approximate surface area is 83.5 Å². The van der Waals surface area contributed by atoms with Crippen molar-refractivity contribution in [1.29, 1.82) is 0 Å². The molecule has 0 atom stereocenters. The molecular formula is C7H5BrClN3. The largest absolute Gasteiger partial charge is 0.381 e. The van der Waals surface area contributed by atoms with Crippen LogP contribution in [0.1, 0.15) is 5.69 Å². The van der Waals surface area contributed by atoms with Crippen molar-refractivity contribution in [3.05, 3.63) is 17.0 Å². The fourth-order valence-corrected chi connectivity index (χ4v) is 0.874. The van der Waals surface area contributed by atoms with Gasteiger partial charge in [-0.3, -0.25) is 0 Å². The number of halogens is 2. The average Bonchev–Trinajstić information content (AvgIpc) is 2.03. The molecule has 0 saturated carbocycles. The van der Waals surface area contributed by atoms with Gasteiger partial charge in [0.25, 0.3) is 0 Å². The van der Waals surface area contributed by atoms with Gasteiger partial charge in [-0.25, -0.2) is 9.97 Å². The van der Waals surface area contributed by atoms with Crippen molar-refractivity contribution in [1.82, 2.24) is 9.97 Å². The van der Waals surface area contributed by atoms with E-state index in [1.54, 1.807) is 0 Å². The molecule has 1 aromatic rings. The second-order valence-electron chi connectivity index (χ2n) is 1.86. The highest BCUT2D eigenvalue weighted by Crippen LogP contribution is 2.08. The molecule has 1 aromatic heterocycles. The highest BCUT2D eigenvalue weighted by molar-refractivity contribution is 9.09. The van der Waals surface area contributed by atoms with Crippen LogP contribution in [0.5, 0.6) is 0 Å². The van der Waals surface area contributed by atoms with Crippen LogP contribution >= 0.6 is 27.5 Å². The van der Waals surface area contributed by atoms with Crippen molar-refractivity contribution >= 4 is 33.3 Å². The van der Waals surface area contributed by atoms with Crippen LogP contribution < -0.4 is 5.73 Å². The SMILES string of the molecule is Nc1nc(Cl)cnc1C#CCBr. The molecule has 0 aliphatic heterocycles. The third-order valence-corrected chi connectivity index (χ3v) is 1.51. The number of hydrogen-bond acceptors (Lipinski definition) is 3. The first-order valence-corrected chi connectivity index (χ1v) is 4.57. The summed E-state index contributed by atoms with van der Waals surface area (Å²) in [6.07, 6.45) is 1.41. The van der Waals surface area contributed by atoms with Crippen molar-refractivity contribution in [2.75, 3.05) is 11.1 Å². The van der Waals surface area contributed by atoms with E-state index in [9.17, 15) is 0 Å². The third kappa shape index (κ3) is 2.36. The van der Waals surface area contributed by atoms with E-state index in [1.807, 2.05) is 0 Å². The minimum absolute atomic E-state index is 0.260. The van der Waals surface area contributed by atoms with Crippen molar-refractivity contribution in [3.63, 3.8) is 0 Å². The molecule has 0 saturated heterocycles. The van der Waals surface area contributed by atoms with Gasteiger partial charge >= 0.3 is 0 Å². The molecule has 0 amide bonds. The number of aromatic nitrogens is 2. The predicted molar refractivity (Wildman–Crippen MR) is 52.1 cm³/mol. The minimum atomic E-state index is 0.260. The zero-order chi connectivity index (χ0) is 8.97. The van der Waals surface area contributed by atoms with Crippen LogP contribution in [0.4, 0.5) is 5.82 Å². The number of hydrogen-bond donors (Lipinski definition) is 1. The lowest BCUT2D eigenvalue weighted by Crippen LogP contribution is -1.97. The Balaban J connectivity index is 3.01. The maximum atomic E-state index is 5.54. The fourth-order valence-electron chi connectivity index (χ4n) is 0.594. The van der Waals surface area contributed by atoms with Gasteiger partial charge in [-0.05, 0) is 5.92 Å². The lowest BCUT2D eigenvalue weighted by atomic mass is 10.4. The van der Waals surface area contributed by atoms with Crippen LogP contribution in [-0.2, 0) is 0 Å². The Morgan fingerprint density at radius 2 is 2.42 bits per heavy atom. The Bertz CT molecular complexity index is 342. The molecule has 0 spiro atoms. The normalized spacial score (nSPS) is 8.83. The van der Waals surface area contributed by atoms with Crippen LogP contribution in [0.3, 0.4) is 0 Å². The number of nitrogens with two attached hydrogens (primary N) is 1. The van der Waals surface area contributed by atoms with Gasteiger partial charge in [0.1, 0.15) is 5.15 Å². The molecular weight excluding hydrogens is 241 g/mol. The van der Waals surface area contributed by atoms with Crippen molar-refractivity contribution in [2.45, 2.75) is 0 Å². The zero-order valence-electron chi connectivity index (χ0n) is 6.01. The molecule has 0 aromatic carbocycles. The molecule has 0 aliphatic carbocycles. The molecule has 0 unspecified atom stereocenters. The lowest BCUT2D eigenvalue weighted by molar-refractivity contribution is 1.18. The van der Waals surface area contributed by atoms with Crippen LogP contribution in [-0.4, -0.2) is 15.3 Å². The summed E-state index contributed by atoms with van der Waals surface area (Å²) in [6.45, 7) is 0. The van der Waals surface area contributed by atoms with Crippen LogP contribution in [0.25, 0.3) is 0 Å². The van der Waals surface area contributed by atoms with E-state index in [0.717, 1.165) is 0 Å². The van der Waals surface area contributed by atoms with E-state index in [-0.39, 0.29) is 11.0 Å². The predicted octanol–water partition coefficient (Wildman–Crippen LogP) is 1.46. The van der Waals surface area contributed by atoms with Gasteiger partial charge in [0.05, 0.1) is 11.5 Å². The zero-order valence-corrected chi connectivity index (χ0v) is 8.35. The summed E-state index contributed by atoms with van der Waals surface area (Å²) in [5.41, 5.74) is 5.94. The molecule has 1 heterocycles. The van der Waals surface area contributed by atoms with Gasteiger partial charge in [-0.2, -0.15) is 0 Å². The summed E-state index contributed by atoms with van der Waals surface area (Å²) < 4.78 is 0. The number of nitrogens with zero attached hydrogens (tertiary/aromatic N) is 2. The van der Waals surface area contributed by atoms with Crippen molar-refractivity contribution in [2.24, 2.45) is 0 Å². The molecule has 0 aliphatic rings. The van der Waals surface area contributed by atoms with Gasteiger partial charge in [0.15, 0.2) is 11.5 Å². The van der Waals surface area contributed by atoms with E-state index >= 15 is 0 Å². The monoisotopic (exact) mass is 245 g/mol. The molecule has 5 heteroatoms. The van der Waals surface area contributed by atoms with E-state index in [4.69, 9.17) is 17.3 Å². The van der Waals surface area contributed by atoms with Crippen LogP contribution in [0.2, 0.25) is 5.15 Å². The smallest absolute Gasteiger partial charge is 0.159 e. The molecule has 12 heavy (non-hydrogen) atoms. The second-order valence-corrected chi connectivity index (χ2v) is 2.81. The van der Waals surface area contributed by atoms with Gasteiger partial charge in [0, 0.05) is 0 Å². The summed E-state index contributed by atoms with van der Waals surface area (Å²) in [7, 11) is 0. The lowest BCUT2D eigenvalue weighted by Gasteiger charge is -1.94. The number of nitrogen functional groups attached to an aromatic ring is 1. The first-order valence-electron chi connectivity index (χ1n) is 3.07. The first kappa shape index (κ1) is 9.30. The summed E-state index contributed by atoms with van der Waals surface area (Å²) in [4.78, 5) is 7.69. The minimum Gasteiger partial charge on any atom is -0.381 e. The molecule has 3 nitrogen and oxygen atoms in total. The highest BCUT2D eigenvalue weighted by Gasteiger charge is 1.98. The topological polar surface area (TPSA) is 51.8 Å². The Hall–Kier alpha value is -0.790. The second kappa shape index (κ2) is 4.29. The summed E-state index contributed by atoms with van der Waals surface area (Å²) in [5, 5.41) is 0.855. The van der Waals surface area contributed by atoms with E-state index in [2.05, 4.69) is 37.7 Å². The first-order chi connectivity index (χ1) is 5.74. The van der Waals surface area contributed by atoms with Gasteiger partial charge in [0.2, 0.25) is 0 Å². The Kier molecular flexibility index (Phi) is 3.32. The van der Waals surface area contributed by atoms with Crippen molar-refractivity contribution in [3.8, 4) is 11.8 Å². The van der Waals surface area contributed by atoms with Crippen LogP contribution in [0.15, 0.2) is 6.20 Å². The van der Waals surface area contributed by atoms with Crippen molar-refractivity contribution < 1.29 is 0 Å².